The molecule has 5 nitrogen and oxygen atoms in total. The lowest BCUT2D eigenvalue weighted by atomic mass is 9.78. The smallest absolute Gasteiger partial charge is 0.332 e. The van der Waals surface area contributed by atoms with Crippen LogP contribution in [0.15, 0.2) is 53.9 Å². The highest BCUT2D eigenvalue weighted by Gasteiger charge is 2.55. The topological polar surface area (TPSA) is 55.8 Å². The van der Waals surface area contributed by atoms with E-state index in [1.165, 1.54) is 18.4 Å². The molecule has 0 bridgehead atoms. The summed E-state index contributed by atoms with van der Waals surface area (Å²) in [5, 5.41) is 2.79. The van der Waals surface area contributed by atoms with Crippen LogP contribution >= 0.6 is 11.3 Å². The first kappa shape index (κ1) is 18.5. The van der Waals surface area contributed by atoms with Gasteiger partial charge >= 0.3 is 5.97 Å². The maximum atomic E-state index is 13.4. The number of fused-ring (bicyclic) bond motifs is 1. The van der Waals surface area contributed by atoms with Crippen molar-refractivity contribution in [1.29, 1.82) is 0 Å². The Kier molecular flexibility index (Phi) is 4.81. The largest absolute Gasteiger partial charge is 0.496 e. The number of carbonyl (C=O) groups excluding carboxylic acids is 2. The first-order chi connectivity index (χ1) is 13.6. The van der Waals surface area contributed by atoms with Gasteiger partial charge in [-0.1, -0.05) is 36.4 Å². The summed E-state index contributed by atoms with van der Waals surface area (Å²) in [5.41, 5.74) is 0.500. The maximum absolute atomic E-state index is 13.4. The molecule has 1 atom stereocenters. The van der Waals surface area contributed by atoms with E-state index in [2.05, 4.69) is 0 Å². The lowest BCUT2D eigenvalue weighted by molar-refractivity contribution is -0.161. The van der Waals surface area contributed by atoms with Crippen LogP contribution < -0.4 is 4.74 Å². The van der Waals surface area contributed by atoms with E-state index in [0.717, 1.165) is 15.6 Å². The van der Waals surface area contributed by atoms with Gasteiger partial charge in [-0.25, -0.2) is 4.79 Å². The fourth-order valence-corrected chi connectivity index (χ4v) is 4.84. The third-order valence-corrected chi connectivity index (χ3v) is 6.43. The molecule has 1 aromatic heterocycles. The van der Waals surface area contributed by atoms with Crippen LogP contribution in [0.2, 0.25) is 0 Å². The summed E-state index contributed by atoms with van der Waals surface area (Å²) < 4.78 is 11.6. The van der Waals surface area contributed by atoms with Gasteiger partial charge in [0.25, 0.3) is 5.91 Å². The predicted octanol–water partition coefficient (Wildman–Crippen LogP) is 3.91. The molecule has 4 rings (SSSR count). The Morgan fingerprint density at radius 1 is 1.11 bits per heavy atom. The summed E-state index contributed by atoms with van der Waals surface area (Å²) in [5.74, 6) is 0.174. The lowest BCUT2D eigenvalue weighted by Crippen LogP contribution is -2.68. The summed E-state index contributed by atoms with van der Waals surface area (Å²) in [7, 11) is 2.97. The molecule has 1 aliphatic rings. The standard InChI is InChI=1S/C22H21NO4S/c1-26-18-9-5-3-7-15(18)13-22(21(25)27-2)11-12-23(22)20(24)17-14-28-19-10-6-4-8-16(17)19/h3-10,14H,11-13H2,1-2H3. The van der Waals surface area contributed by atoms with Crippen molar-refractivity contribution in [2.24, 2.45) is 0 Å². The number of likely N-dealkylation sites (tertiary alicyclic amines) is 1. The monoisotopic (exact) mass is 395 g/mol. The lowest BCUT2D eigenvalue weighted by Gasteiger charge is -2.50. The van der Waals surface area contributed by atoms with Crippen molar-refractivity contribution in [3.8, 4) is 5.75 Å². The zero-order chi connectivity index (χ0) is 19.7. The first-order valence-corrected chi connectivity index (χ1v) is 9.97. The zero-order valence-corrected chi connectivity index (χ0v) is 16.6. The third-order valence-electron chi connectivity index (χ3n) is 5.46. The van der Waals surface area contributed by atoms with Crippen LogP contribution in [-0.2, 0) is 16.0 Å². The molecule has 0 aliphatic carbocycles. The van der Waals surface area contributed by atoms with E-state index >= 15 is 0 Å². The van der Waals surface area contributed by atoms with Gasteiger partial charge in [0.15, 0.2) is 0 Å². The number of carbonyl (C=O) groups is 2. The summed E-state index contributed by atoms with van der Waals surface area (Å²) >= 11 is 1.53. The Morgan fingerprint density at radius 3 is 2.57 bits per heavy atom. The van der Waals surface area contributed by atoms with Crippen LogP contribution in [0.4, 0.5) is 0 Å². The van der Waals surface area contributed by atoms with E-state index in [4.69, 9.17) is 9.47 Å². The molecule has 0 spiro atoms. The second-order valence-corrected chi connectivity index (χ2v) is 7.78. The molecule has 0 radical (unpaired) electrons. The number of ether oxygens (including phenoxy) is 2. The van der Waals surface area contributed by atoms with Crippen molar-refractivity contribution in [2.75, 3.05) is 20.8 Å². The average molecular weight is 395 g/mol. The molecule has 0 saturated carbocycles. The summed E-state index contributed by atoms with van der Waals surface area (Å²) in [6, 6.07) is 15.4. The fourth-order valence-electron chi connectivity index (χ4n) is 3.90. The maximum Gasteiger partial charge on any atom is 0.332 e. The minimum atomic E-state index is -1.01. The third kappa shape index (κ3) is 2.85. The van der Waals surface area contributed by atoms with Crippen molar-refractivity contribution < 1.29 is 19.1 Å². The molecular formula is C22H21NO4S. The number of esters is 1. The van der Waals surface area contributed by atoms with Gasteiger partial charge in [0.1, 0.15) is 11.3 Å². The molecule has 1 saturated heterocycles. The Labute approximate surface area is 167 Å². The molecule has 2 heterocycles. The molecule has 1 aliphatic heterocycles. The molecule has 1 amide bonds. The number of para-hydroxylation sites is 1. The highest BCUT2D eigenvalue weighted by molar-refractivity contribution is 7.17. The molecule has 1 unspecified atom stereocenters. The van der Waals surface area contributed by atoms with Crippen molar-refractivity contribution in [1.82, 2.24) is 4.90 Å². The first-order valence-electron chi connectivity index (χ1n) is 9.09. The molecular weight excluding hydrogens is 374 g/mol. The van der Waals surface area contributed by atoms with Gasteiger partial charge in [0, 0.05) is 28.4 Å². The van der Waals surface area contributed by atoms with E-state index in [1.54, 1.807) is 12.0 Å². The molecule has 28 heavy (non-hydrogen) atoms. The molecule has 144 valence electrons. The molecule has 0 N–H and O–H groups in total. The molecule has 1 fully saturated rings. The highest BCUT2D eigenvalue weighted by Crippen LogP contribution is 2.40. The average Bonchev–Trinajstić information content (AvgIpc) is 3.15. The van der Waals surface area contributed by atoms with Gasteiger partial charge in [-0.3, -0.25) is 4.79 Å². The van der Waals surface area contributed by atoms with Crippen LogP contribution in [0.3, 0.4) is 0 Å². The normalized spacial score (nSPS) is 18.6. The van der Waals surface area contributed by atoms with Crippen LogP contribution in [0.5, 0.6) is 5.75 Å². The molecule has 3 aromatic rings. The van der Waals surface area contributed by atoms with Crippen LogP contribution in [0.25, 0.3) is 10.1 Å². The number of thiophene rings is 1. The minimum Gasteiger partial charge on any atom is -0.496 e. The van der Waals surface area contributed by atoms with Crippen LogP contribution in [-0.4, -0.2) is 43.1 Å². The van der Waals surface area contributed by atoms with E-state index in [9.17, 15) is 9.59 Å². The van der Waals surface area contributed by atoms with Gasteiger partial charge in [-0.2, -0.15) is 0 Å². The van der Waals surface area contributed by atoms with Gasteiger partial charge in [-0.05, 0) is 24.1 Å². The number of methoxy groups -OCH3 is 2. The SMILES string of the molecule is COC(=O)C1(Cc2ccccc2OC)CCN1C(=O)c1csc2ccccc12. The Balaban J connectivity index is 1.72. The van der Waals surface area contributed by atoms with Crippen molar-refractivity contribution in [2.45, 2.75) is 18.4 Å². The summed E-state index contributed by atoms with van der Waals surface area (Å²) in [6.07, 6.45) is 0.920. The van der Waals surface area contributed by atoms with Gasteiger partial charge < -0.3 is 14.4 Å². The molecule has 2 aromatic carbocycles. The Bertz CT molecular complexity index is 1040. The zero-order valence-electron chi connectivity index (χ0n) is 15.8. The Morgan fingerprint density at radius 2 is 1.86 bits per heavy atom. The summed E-state index contributed by atoms with van der Waals surface area (Å²) in [6.45, 7) is 0.521. The number of rotatable bonds is 5. The highest BCUT2D eigenvalue weighted by atomic mass is 32.1. The van der Waals surface area contributed by atoms with Crippen molar-refractivity contribution in [3.05, 3.63) is 65.0 Å². The number of hydrogen-bond donors (Lipinski definition) is 0. The second kappa shape index (κ2) is 7.28. The number of benzene rings is 2. The van der Waals surface area contributed by atoms with E-state index in [0.29, 0.717) is 30.7 Å². The number of amides is 1. The van der Waals surface area contributed by atoms with Crippen LogP contribution in [0.1, 0.15) is 22.3 Å². The van der Waals surface area contributed by atoms with E-state index in [1.807, 2.05) is 53.9 Å². The second-order valence-electron chi connectivity index (χ2n) is 6.86. The van der Waals surface area contributed by atoms with Crippen LogP contribution in [0, 0.1) is 0 Å². The van der Waals surface area contributed by atoms with Gasteiger partial charge in [0.2, 0.25) is 0 Å². The molecule has 6 heteroatoms. The minimum absolute atomic E-state index is 0.135. The number of hydrogen-bond acceptors (Lipinski definition) is 5. The summed E-state index contributed by atoms with van der Waals surface area (Å²) in [4.78, 5) is 27.8. The van der Waals surface area contributed by atoms with E-state index < -0.39 is 11.5 Å². The van der Waals surface area contributed by atoms with Crippen molar-refractivity contribution >= 4 is 33.3 Å². The Hall–Kier alpha value is -2.86. The number of nitrogens with zero attached hydrogens (tertiary/aromatic N) is 1. The quantitative estimate of drug-likeness (QED) is 0.615. The van der Waals surface area contributed by atoms with E-state index in [-0.39, 0.29) is 5.91 Å². The fraction of sp³-hybridized carbons (Fsp3) is 0.273. The van der Waals surface area contributed by atoms with Gasteiger partial charge in [0.05, 0.1) is 19.8 Å². The van der Waals surface area contributed by atoms with Gasteiger partial charge in [-0.15, -0.1) is 11.3 Å². The van der Waals surface area contributed by atoms with Crippen molar-refractivity contribution in [3.63, 3.8) is 0 Å². The predicted molar refractivity (Wildman–Crippen MR) is 109 cm³/mol.